The highest BCUT2D eigenvalue weighted by Crippen LogP contribution is 2.50. The van der Waals surface area contributed by atoms with Crippen molar-refractivity contribution in [2.75, 3.05) is 11.9 Å². The van der Waals surface area contributed by atoms with Crippen LogP contribution in [-0.2, 0) is 4.79 Å². The minimum atomic E-state index is 0.467. The van der Waals surface area contributed by atoms with E-state index in [-0.39, 0.29) is 0 Å². The summed E-state index contributed by atoms with van der Waals surface area (Å²) in [6.45, 7) is 0.467. The van der Waals surface area contributed by atoms with Crippen LogP contribution in [0.3, 0.4) is 0 Å². The molecule has 1 aliphatic rings. The SMILES string of the molecule is CN1c2ccccc2Sc2cccc(OC=O)c21. The summed E-state index contributed by atoms with van der Waals surface area (Å²) in [5.74, 6) is 0.590. The summed E-state index contributed by atoms with van der Waals surface area (Å²) in [5.41, 5.74) is 2.06. The first-order valence-corrected chi connectivity index (χ1v) is 6.37. The molecular formula is C14H11NO2S. The van der Waals surface area contributed by atoms with E-state index in [2.05, 4.69) is 17.0 Å². The van der Waals surface area contributed by atoms with Crippen molar-refractivity contribution >= 4 is 29.6 Å². The van der Waals surface area contributed by atoms with Gasteiger partial charge in [0.25, 0.3) is 6.47 Å². The highest BCUT2D eigenvalue weighted by molar-refractivity contribution is 7.99. The van der Waals surface area contributed by atoms with E-state index in [9.17, 15) is 4.79 Å². The number of nitrogens with zero attached hydrogens (tertiary/aromatic N) is 1. The predicted molar refractivity (Wildman–Crippen MR) is 71.8 cm³/mol. The van der Waals surface area contributed by atoms with Crippen molar-refractivity contribution in [2.45, 2.75) is 9.79 Å². The Hall–Kier alpha value is -1.94. The van der Waals surface area contributed by atoms with Gasteiger partial charge in [0.05, 0.1) is 11.4 Å². The predicted octanol–water partition coefficient (Wildman–Crippen LogP) is 3.45. The van der Waals surface area contributed by atoms with Crippen LogP contribution in [0.5, 0.6) is 5.75 Å². The average Bonchev–Trinajstić information content (AvgIpc) is 2.39. The van der Waals surface area contributed by atoms with Crippen LogP contribution < -0.4 is 9.64 Å². The molecule has 0 spiro atoms. The zero-order chi connectivity index (χ0) is 12.5. The Morgan fingerprint density at radius 3 is 2.72 bits per heavy atom. The van der Waals surface area contributed by atoms with E-state index in [4.69, 9.17) is 4.74 Å². The Kier molecular flexibility index (Phi) is 2.72. The molecule has 0 bridgehead atoms. The van der Waals surface area contributed by atoms with Gasteiger partial charge in [0.2, 0.25) is 0 Å². The van der Waals surface area contributed by atoms with Crippen LogP contribution in [0.4, 0.5) is 11.4 Å². The number of carbonyl (C=O) groups is 1. The van der Waals surface area contributed by atoms with E-state index in [1.54, 1.807) is 17.8 Å². The van der Waals surface area contributed by atoms with Gasteiger partial charge in [-0.15, -0.1) is 0 Å². The number of benzene rings is 2. The molecule has 3 rings (SSSR count). The topological polar surface area (TPSA) is 29.5 Å². The standard InChI is InChI=1S/C14H11NO2S/c1-15-10-5-2-3-7-12(10)18-13-8-4-6-11(14(13)15)17-9-16/h2-9H,1H3. The van der Waals surface area contributed by atoms with Gasteiger partial charge in [-0.2, -0.15) is 0 Å². The molecule has 2 aromatic carbocycles. The van der Waals surface area contributed by atoms with Crippen molar-refractivity contribution in [3.63, 3.8) is 0 Å². The maximum absolute atomic E-state index is 10.6. The lowest BCUT2D eigenvalue weighted by Gasteiger charge is -2.30. The van der Waals surface area contributed by atoms with Crippen molar-refractivity contribution in [2.24, 2.45) is 0 Å². The first-order valence-electron chi connectivity index (χ1n) is 5.55. The Balaban J connectivity index is 2.16. The maximum atomic E-state index is 10.6. The van der Waals surface area contributed by atoms with Gasteiger partial charge in [0, 0.05) is 16.8 Å². The van der Waals surface area contributed by atoms with Gasteiger partial charge in [-0.25, -0.2) is 0 Å². The van der Waals surface area contributed by atoms with E-state index in [0.29, 0.717) is 12.2 Å². The molecule has 0 N–H and O–H groups in total. The van der Waals surface area contributed by atoms with Crippen molar-refractivity contribution in [1.82, 2.24) is 0 Å². The molecule has 0 aliphatic carbocycles. The fraction of sp³-hybridized carbons (Fsp3) is 0.0714. The molecule has 0 saturated carbocycles. The third-order valence-electron chi connectivity index (χ3n) is 2.92. The van der Waals surface area contributed by atoms with Gasteiger partial charge >= 0.3 is 0 Å². The highest BCUT2D eigenvalue weighted by Gasteiger charge is 2.23. The zero-order valence-corrected chi connectivity index (χ0v) is 10.6. The molecular weight excluding hydrogens is 246 g/mol. The van der Waals surface area contributed by atoms with E-state index >= 15 is 0 Å². The molecule has 90 valence electrons. The van der Waals surface area contributed by atoms with Crippen LogP contribution >= 0.6 is 11.8 Å². The van der Waals surface area contributed by atoms with Crippen LogP contribution in [0.1, 0.15) is 0 Å². The Labute approximate surface area is 109 Å². The van der Waals surface area contributed by atoms with Crippen molar-refractivity contribution in [3.05, 3.63) is 42.5 Å². The van der Waals surface area contributed by atoms with Crippen molar-refractivity contribution in [1.29, 1.82) is 0 Å². The first kappa shape index (κ1) is 11.2. The van der Waals surface area contributed by atoms with E-state index in [0.717, 1.165) is 16.3 Å². The minimum absolute atomic E-state index is 0.467. The number of ether oxygens (including phenoxy) is 1. The number of para-hydroxylation sites is 2. The summed E-state index contributed by atoms with van der Waals surface area (Å²) >= 11 is 1.69. The minimum Gasteiger partial charge on any atom is -0.426 e. The fourth-order valence-corrected chi connectivity index (χ4v) is 3.30. The second-order valence-corrected chi connectivity index (χ2v) is 5.03. The summed E-state index contributed by atoms with van der Waals surface area (Å²) < 4.78 is 5.05. The highest BCUT2D eigenvalue weighted by atomic mass is 32.2. The number of hydrogen-bond donors (Lipinski definition) is 0. The molecule has 0 radical (unpaired) electrons. The van der Waals surface area contributed by atoms with Crippen LogP contribution in [0, 0.1) is 0 Å². The molecule has 0 atom stereocenters. The lowest BCUT2D eigenvalue weighted by atomic mass is 10.2. The Morgan fingerprint density at radius 2 is 1.89 bits per heavy atom. The van der Waals surface area contributed by atoms with Gasteiger partial charge in [0.15, 0.2) is 5.75 Å². The number of carbonyl (C=O) groups excluding carboxylic acids is 1. The van der Waals surface area contributed by atoms with Crippen LogP contribution in [0.15, 0.2) is 52.3 Å². The summed E-state index contributed by atoms with van der Waals surface area (Å²) in [6.07, 6.45) is 0. The van der Waals surface area contributed by atoms with E-state index in [1.807, 2.05) is 31.3 Å². The second-order valence-electron chi connectivity index (χ2n) is 3.95. The zero-order valence-electron chi connectivity index (χ0n) is 9.79. The lowest BCUT2D eigenvalue weighted by Crippen LogP contribution is -2.15. The first-order chi connectivity index (χ1) is 8.81. The Morgan fingerprint density at radius 1 is 1.11 bits per heavy atom. The third-order valence-corrected chi connectivity index (χ3v) is 4.03. The smallest absolute Gasteiger partial charge is 0.298 e. The molecule has 0 fully saturated rings. The molecule has 0 aromatic heterocycles. The van der Waals surface area contributed by atoms with Crippen LogP contribution in [-0.4, -0.2) is 13.5 Å². The third kappa shape index (κ3) is 1.66. The van der Waals surface area contributed by atoms with Gasteiger partial charge in [-0.05, 0) is 24.3 Å². The second kappa shape index (κ2) is 4.38. The normalized spacial score (nSPS) is 12.6. The summed E-state index contributed by atoms with van der Waals surface area (Å²) in [4.78, 5) is 14.9. The molecule has 2 aromatic rings. The monoisotopic (exact) mass is 257 g/mol. The molecule has 18 heavy (non-hydrogen) atoms. The summed E-state index contributed by atoms with van der Waals surface area (Å²) in [7, 11) is 1.98. The molecule has 1 aliphatic heterocycles. The average molecular weight is 257 g/mol. The van der Waals surface area contributed by atoms with Gasteiger partial charge in [-0.3, -0.25) is 4.79 Å². The molecule has 1 heterocycles. The van der Waals surface area contributed by atoms with Gasteiger partial charge < -0.3 is 9.64 Å². The number of rotatable bonds is 2. The molecule has 0 unspecified atom stereocenters. The summed E-state index contributed by atoms with van der Waals surface area (Å²) in [5, 5.41) is 0. The molecule has 0 saturated heterocycles. The lowest BCUT2D eigenvalue weighted by molar-refractivity contribution is -0.120. The van der Waals surface area contributed by atoms with E-state index in [1.165, 1.54) is 4.90 Å². The fourth-order valence-electron chi connectivity index (χ4n) is 2.12. The molecule has 0 amide bonds. The maximum Gasteiger partial charge on any atom is 0.298 e. The van der Waals surface area contributed by atoms with Crippen LogP contribution in [0.2, 0.25) is 0 Å². The van der Waals surface area contributed by atoms with Crippen LogP contribution in [0.25, 0.3) is 0 Å². The van der Waals surface area contributed by atoms with Gasteiger partial charge in [0.1, 0.15) is 0 Å². The van der Waals surface area contributed by atoms with Gasteiger partial charge in [-0.1, -0.05) is 30.0 Å². The Bertz CT molecular complexity index is 612. The largest absolute Gasteiger partial charge is 0.426 e. The number of hydrogen-bond acceptors (Lipinski definition) is 4. The molecule has 3 nitrogen and oxygen atoms in total. The number of fused-ring (bicyclic) bond motifs is 2. The summed E-state index contributed by atoms with van der Waals surface area (Å²) in [6, 6.07) is 13.9. The van der Waals surface area contributed by atoms with E-state index < -0.39 is 0 Å². The molecule has 4 heteroatoms. The van der Waals surface area contributed by atoms with Crippen molar-refractivity contribution < 1.29 is 9.53 Å². The quantitative estimate of drug-likeness (QED) is 0.771. The van der Waals surface area contributed by atoms with Crippen molar-refractivity contribution in [3.8, 4) is 5.75 Å². The number of anilines is 2.